The van der Waals surface area contributed by atoms with Gasteiger partial charge in [0.25, 0.3) is 6.71 Å². The molecule has 0 fully saturated rings. The SMILES string of the molecule is Cc1cc2c3c(c1)N(c1c4c(cc5c1CCC5)CCC4)c1ccc(-c4ccccc4)cc1B3c1cc(-c3ccccc3)ccc1N2c1c2c(cc3c1CCC3)CCC2. The van der Waals surface area contributed by atoms with Crippen molar-refractivity contribution in [1.82, 2.24) is 0 Å². The molecule has 7 aromatic rings. The summed E-state index contributed by atoms with van der Waals surface area (Å²) in [4.78, 5) is 5.59. The van der Waals surface area contributed by atoms with E-state index in [0.29, 0.717) is 0 Å². The molecule has 6 aliphatic rings. The van der Waals surface area contributed by atoms with Crippen molar-refractivity contribution < 1.29 is 0 Å². The zero-order chi connectivity index (χ0) is 38.1. The van der Waals surface area contributed by atoms with Gasteiger partial charge in [-0.2, -0.15) is 0 Å². The zero-order valence-electron chi connectivity index (χ0n) is 33.5. The molecule has 13 rings (SSSR count). The second kappa shape index (κ2) is 12.6. The molecule has 0 saturated carbocycles. The van der Waals surface area contributed by atoms with Gasteiger partial charge in [0.1, 0.15) is 0 Å². The molecule has 7 aromatic carbocycles. The van der Waals surface area contributed by atoms with E-state index in [0.717, 1.165) is 0 Å². The molecule has 0 radical (unpaired) electrons. The number of nitrogens with zero attached hydrogens (tertiary/aromatic N) is 2. The summed E-state index contributed by atoms with van der Waals surface area (Å²) in [5.74, 6) is 0. The minimum atomic E-state index is 0.0880. The Labute approximate surface area is 343 Å². The van der Waals surface area contributed by atoms with Gasteiger partial charge in [0.15, 0.2) is 0 Å². The predicted molar refractivity (Wildman–Crippen MR) is 244 cm³/mol. The van der Waals surface area contributed by atoms with Gasteiger partial charge in [-0.1, -0.05) is 97.1 Å². The van der Waals surface area contributed by atoms with Crippen LogP contribution in [0.3, 0.4) is 0 Å². The molecule has 0 spiro atoms. The fourth-order valence-corrected chi connectivity index (χ4v) is 12.4. The van der Waals surface area contributed by atoms with Crippen LogP contribution in [0.15, 0.2) is 121 Å². The first-order valence-corrected chi connectivity index (χ1v) is 22.1. The van der Waals surface area contributed by atoms with E-state index >= 15 is 0 Å². The molecule has 0 aromatic heterocycles. The predicted octanol–water partition coefficient (Wildman–Crippen LogP) is 11.4. The number of hydrogen-bond acceptors (Lipinski definition) is 2. The summed E-state index contributed by atoms with van der Waals surface area (Å²) in [5, 5.41) is 0. The van der Waals surface area contributed by atoms with Crippen molar-refractivity contribution in [3.8, 4) is 22.3 Å². The second-order valence-corrected chi connectivity index (χ2v) is 18.0. The fourth-order valence-electron chi connectivity index (χ4n) is 12.4. The van der Waals surface area contributed by atoms with Gasteiger partial charge in [-0.3, -0.25) is 0 Å². The van der Waals surface area contributed by atoms with E-state index in [1.54, 1.807) is 44.5 Å². The van der Waals surface area contributed by atoms with Gasteiger partial charge >= 0.3 is 0 Å². The Bertz CT molecular complexity index is 2620. The van der Waals surface area contributed by atoms with Crippen LogP contribution in [-0.2, 0) is 51.4 Å². The first-order chi connectivity index (χ1) is 28.7. The van der Waals surface area contributed by atoms with E-state index in [1.165, 1.54) is 155 Å². The van der Waals surface area contributed by atoms with Crippen molar-refractivity contribution in [2.75, 3.05) is 9.80 Å². The summed E-state index contributed by atoms with van der Waals surface area (Å²) >= 11 is 0. The third-order valence-electron chi connectivity index (χ3n) is 14.8. The van der Waals surface area contributed by atoms with Crippen LogP contribution in [-0.4, -0.2) is 6.71 Å². The fraction of sp³-hybridized carbons (Fsp3) is 0.236. The molecule has 0 N–H and O–H groups in total. The lowest BCUT2D eigenvalue weighted by molar-refractivity contribution is 0.896. The van der Waals surface area contributed by atoms with Crippen molar-refractivity contribution in [3.05, 3.63) is 171 Å². The molecule has 0 saturated heterocycles. The first-order valence-electron chi connectivity index (χ1n) is 22.1. The quantitative estimate of drug-likeness (QED) is 0.166. The molecular formula is C55H47BN2. The lowest BCUT2D eigenvalue weighted by atomic mass is 9.33. The number of benzene rings is 7. The monoisotopic (exact) mass is 746 g/mol. The summed E-state index contributed by atoms with van der Waals surface area (Å²) in [6.07, 6.45) is 14.5. The van der Waals surface area contributed by atoms with Crippen LogP contribution in [0.5, 0.6) is 0 Å². The zero-order valence-corrected chi connectivity index (χ0v) is 33.5. The van der Waals surface area contributed by atoms with Gasteiger partial charge < -0.3 is 9.80 Å². The van der Waals surface area contributed by atoms with Gasteiger partial charge in [-0.15, -0.1) is 0 Å². The molecule has 2 nitrogen and oxygen atoms in total. The van der Waals surface area contributed by atoms with E-state index < -0.39 is 0 Å². The summed E-state index contributed by atoms with van der Waals surface area (Å²) in [5.41, 5.74) is 32.1. The molecule has 2 aliphatic heterocycles. The maximum absolute atomic E-state index is 2.80. The number of hydrogen-bond donors (Lipinski definition) is 0. The van der Waals surface area contributed by atoms with Crippen LogP contribution < -0.4 is 26.2 Å². The lowest BCUT2D eigenvalue weighted by Crippen LogP contribution is -2.61. The average molecular weight is 747 g/mol. The van der Waals surface area contributed by atoms with Crippen LogP contribution in [0.2, 0.25) is 0 Å². The molecule has 2 heterocycles. The van der Waals surface area contributed by atoms with Crippen molar-refractivity contribution in [2.45, 2.75) is 84.0 Å². The lowest BCUT2D eigenvalue weighted by Gasteiger charge is -2.46. The normalized spacial score (nSPS) is 16.5. The van der Waals surface area contributed by atoms with Crippen molar-refractivity contribution in [3.63, 3.8) is 0 Å². The Morgan fingerprint density at radius 3 is 1.17 bits per heavy atom. The van der Waals surface area contributed by atoms with Crippen molar-refractivity contribution >= 4 is 57.2 Å². The number of rotatable bonds is 4. The van der Waals surface area contributed by atoms with Crippen LogP contribution in [0.25, 0.3) is 22.3 Å². The highest BCUT2D eigenvalue weighted by Crippen LogP contribution is 2.52. The van der Waals surface area contributed by atoms with E-state index in [2.05, 4.69) is 138 Å². The summed E-state index contributed by atoms with van der Waals surface area (Å²) < 4.78 is 0. The van der Waals surface area contributed by atoms with Crippen LogP contribution in [0.1, 0.15) is 75.8 Å². The Kier molecular flexibility index (Phi) is 7.21. The highest BCUT2D eigenvalue weighted by molar-refractivity contribution is 7.00. The minimum Gasteiger partial charge on any atom is -0.311 e. The Morgan fingerprint density at radius 2 is 0.776 bits per heavy atom. The summed E-state index contributed by atoms with van der Waals surface area (Å²) in [6, 6.07) is 47.4. The maximum Gasteiger partial charge on any atom is 0.252 e. The van der Waals surface area contributed by atoms with E-state index in [1.807, 2.05) is 0 Å². The minimum absolute atomic E-state index is 0.0880. The number of anilines is 6. The Balaban J connectivity index is 1.16. The summed E-state index contributed by atoms with van der Waals surface area (Å²) in [6.45, 7) is 2.44. The smallest absolute Gasteiger partial charge is 0.252 e. The molecule has 4 aliphatic carbocycles. The molecule has 280 valence electrons. The molecule has 0 amide bonds. The molecule has 0 unspecified atom stereocenters. The second-order valence-electron chi connectivity index (χ2n) is 18.0. The topological polar surface area (TPSA) is 6.48 Å². The van der Waals surface area contributed by atoms with E-state index in [9.17, 15) is 0 Å². The van der Waals surface area contributed by atoms with Gasteiger partial charge in [0, 0.05) is 22.7 Å². The third kappa shape index (κ3) is 4.74. The molecule has 0 atom stereocenters. The van der Waals surface area contributed by atoms with Crippen LogP contribution in [0.4, 0.5) is 34.1 Å². The highest BCUT2D eigenvalue weighted by Gasteiger charge is 2.46. The molecule has 3 heteroatoms. The average Bonchev–Trinajstić information content (AvgIpc) is 4.11. The van der Waals surface area contributed by atoms with Gasteiger partial charge in [0.05, 0.1) is 11.4 Å². The van der Waals surface area contributed by atoms with Gasteiger partial charge in [-0.05, 0) is 197 Å². The third-order valence-corrected chi connectivity index (χ3v) is 14.8. The van der Waals surface area contributed by atoms with Crippen LogP contribution in [0, 0.1) is 6.92 Å². The standard InChI is InChI=1S/C55H47BN2/c1-34-28-51-53-52(29-34)58(55-45-22-10-18-41(45)31-42-19-11-23-46(42)55)50-27-25-38(36-14-6-3-7-15-36)33-48(50)56(53)47-32-37(35-12-4-2-5-13-35)24-26-49(47)57(51)54-43-20-8-16-39(43)30-40-17-9-21-44(40)54/h2-7,12-15,24-33H,8-11,16-23H2,1H3. The van der Waals surface area contributed by atoms with Gasteiger partial charge in [0.2, 0.25) is 0 Å². The largest absolute Gasteiger partial charge is 0.311 e. The summed E-state index contributed by atoms with van der Waals surface area (Å²) in [7, 11) is 0. The van der Waals surface area contributed by atoms with Crippen molar-refractivity contribution in [2.24, 2.45) is 0 Å². The molecular weight excluding hydrogens is 699 g/mol. The Morgan fingerprint density at radius 1 is 0.379 bits per heavy atom. The first kappa shape index (κ1) is 33.2. The molecule has 58 heavy (non-hydrogen) atoms. The number of aryl methyl sites for hydroxylation is 5. The maximum atomic E-state index is 2.80. The van der Waals surface area contributed by atoms with E-state index in [-0.39, 0.29) is 6.71 Å². The highest BCUT2D eigenvalue weighted by atomic mass is 15.2. The molecule has 0 bridgehead atoms. The van der Waals surface area contributed by atoms with Gasteiger partial charge in [-0.25, -0.2) is 0 Å². The Hall–Kier alpha value is -5.80. The van der Waals surface area contributed by atoms with Crippen molar-refractivity contribution in [1.29, 1.82) is 0 Å². The number of fused-ring (bicyclic) bond motifs is 8. The van der Waals surface area contributed by atoms with Crippen LogP contribution >= 0.6 is 0 Å². The van der Waals surface area contributed by atoms with E-state index in [4.69, 9.17) is 0 Å².